The van der Waals surface area contributed by atoms with E-state index in [1.54, 1.807) is 25.1 Å². The van der Waals surface area contributed by atoms with Gasteiger partial charge in [0.1, 0.15) is 5.75 Å². The molecule has 3 nitrogen and oxygen atoms in total. The van der Waals surface area contributed by atoms with E-state index in [2.05, 4.69) is 0 Å². The molecule has 0 fully saturated rings. The second kappa shape index (κ2) is 6.38. The van der Waals surface area contributed by atoms with Gasteiger partial charge in [-0.3, -0.25) is 0 Å². The number of hydrogen-bond acceptors (Lipinski definition) is 3. The molecule has 0 aliphatic rings. The average molecular weight is 243 g/mol. The zero-order valence-electron chi connectivity index (χ0n) is 9.20. The predicted octanol–water partition coefficient (Wildman–Crippen LogP) is 2.74. The van der Waals surface area contributed by atoms with Crippen LogP contribution >= 0.6 is 11.6 Å². The van der Waals surface area contributed by atoms with Crippen LogP contribution < -0.4 is 0 Å². The Morgan fingerprint density at radius 2 is 2.25 bits per heavy atom. The van der Waals surface area contributed by atoms with Crippen LogP contribution in [0.25, 0.3) is 0 Å². The van der Waals surface area contributed by atoms with Gasteiger partial charge < -0.3 is 9.84 Å². The molecule has 0 amide bonds. The Bertz CT molecular complexity index is 363. The zero-order chi connectivity index (χ0) is 12.0. The molecule has 1 rings (SSSR count). The van der Waals surface area contributed by atoms with Crippen molar-refractivity contribution >= 4 is 17.6 Å². The van der Waals surface area contributed by atoms with Crippen LogP contribution in [0.2, 0.25) is 0 Å². The number of hydrogen-bond donors (Lipinski definition) is 1. The Balaban J connectivity index is 2.97. The van der Waals surface area contributed by atoms with Gasteiger partial charge in [0.25, 0.3) is 0 Å². The number of rotatable bonds is 5. The van der Waals surface area contributed by atoms with Crippen LogP contribution in [0, 0.1) is 0 Å². The highest BCUT2D eigenvalue weighted by atomic mass is 35.5. The molecule has 88 valence electrons. The molecular formula is C12H15ClO3. The molecule has 1 aromatic carbocycles. The third-order valence-electron chi connectivity index (χ3n) is 2.21. The van der Waals surface area contributed by atoms with Crippen molar-refractivity contribution in [1.29, 1.82) is 0 Å². The Labute approximate surface area is 100.0 Å². The lowest BCUT2D eigenvalue weighted by atomic mass is 10.0. The maximum Gasteiger partial charge on any atom is 0.338 e. The van der Waals surface area contributed by atoms with Crippen LogP contribution in [0.15, 0.2) is 18.2 Å². The van der Waals surface area contributed by atoms with Crippen LogP contribution in [-0.4, -0.2) is 23.6 Å². The highest BCUT2D eigenvalue weighted by Crippen LogP contribution is 2.23. The molecule has 0 aliphatic carbocycles. The quantitative estimate of drug-likeness (QED) is 0.638. The Kier molecular flexibility index (Phi) is 5.12. The summed E-state index contributed by atoms with van der Waals surface area (Å²) in [6.45, 7) is 2.07. The number of carbonyl (C=O) groups is 1. The maximum atomic E-state index is 11.6. The summed E-state index contributed by atoms with van der Waals surface area (Å²) in [7, 11) is 0. The molecule has 0 unspecified atom stereocenters. The first kappa shape index (κ1) is 12.8. The minimum atomic E-state index is -0.400. The first-order valence-electron chi connectivity index (χ1n) is 5.24. The van der Waals surface area contributed by atoms with Crippen molar-refractivity contribution in [2.45, 2.75) is 19.8 Å². The van der Waals surface area contributed by atoms with E-state index in [0.717, 1.165) is 0 Å². The zero-order valence-corrected chi connectivity index (χ0v) is 9.96. The first-order valence-corrected chi connectivity index (χ1v) is 5.78. The summed E-state index contributed by atoms with van der Waals surface area (Å²) < 4.78 is 4.92. The van der Waals surface area contributed by atoms with Gasteiger partial charge >= 0.3 is 5.97 Å². The standard InChI is InChI=1S/C12H15ClO3/c1-2-16-12(15)10-5-3-7-11(14)9(10)6-4-8-13/h3,5,7,14H,2,4,6,8H2,1H3. The number of esters is 1. The third kappa shape index (κ3) is 3.14. The molecule has 0 aliphatic heterocycles. The Morgan fingerprint density at radius 3 is 2.88 bits per heavy atom. The van der Waals surface area contributed by atoms with Crippen molar-refractivity contribution in [2.24, 2.45) is 0 Å². The van der Waals surface area contributed by atoms with Gasteiger partial charge in [-0.1, -0.05) is 6.07 Å². The lowest BCUT2D eigenvalue weighted by Crippen LogP contribution is -2.08. The fourth-order valence-corrected chi connectivity index (χ4v) is 1.61. The lowest BCUT2D eigenvalue weighted by Gasteiger charge is -2.09. The highest BCUT2D eigenvalue weighted by Gasteiger charge is 2.14. The Morgan fingerprint density at radius 1 is 1.50 bits per heavy atom. The second-order valence-electron chi connectivity index (χ2n) is 3.32. The molecule has 0 saturated heterocycles. The molecule has 1 N–H and O–H groups in total. The number of alkyl halides is 1. The van der Waals surface area contributed by atoms with Crippen molar-refractivity contribution in [3.63, 3.8) is 0 Å². The number of ether oxygens (including phenoxy) is 1. The van der Waals surface area contributed by atoms with E-state index in [-0.39, 0.29) is 5.75 Å². The number of phenolic OH excluding ortho intramolecular Hbond substituents is 1. The SMILES string of the molecule is CCOC(=O)c1cccc(O)c1CCCCl. The number of benzene rings is 1. The summed E-state index contributed by atoms with van der Waals surface area (Å²) >= 11 is 5.60. The van der Waals surface area contributed by atoms with Gasteiger partial charge in [-0.25, -0.2) is 4.79 Å². The third-order valence-corrected chi connectivity index (χ3v) is 2.47. The molecule has 0 aromatic heterocycles. The van der Waals surface area contributed by atoms with Gasteiger partial charge in [-0.05, 0) is 31.9 Å². The van der Waals surface area contributed by atoms with Crippen molar-refractivity contribution in [2.75, 3.05) is 12.5 Å². The average Bonchev–Trinajstić information content (AvgIpc) is 2.27. The van der Waals surface area contributed by atoms with Crippen LogP contribution in [0.4, 0.5) is 0 Å². The van der Waals surface area contributed by atoms with E-state index in [0.29, 0.717) is 36.5 Å². The minimum Gasteiger partial charge on any atom is -0.508 e. The van der Waals surface area contributed by atoms with E-state index in [1.165, 1.54) is 0 Å². The monoisotopic (exact) mass is 242 g/mol. The molecule has 0 bridgehead atoms. The van der Waals surface area contributed by atoms with Gasteiger partial charge in [0.05, 0.1) is 12.2 Å². The highest BCUT2D eigenvalue weighted by molar-refractivity contribution is 6.17. The summed E-state index contributed by atoms with van der Waals surface area (Å²) in [6, 6.07) is 4.85. The first-order chi connectivity index (χ1) is 7.70. The van der Waals surface area contributed by atoms with E-state index < -0.39 is 5.97 Å². The normalized spacial score (nSPS) is 10.1. The van der Waals surface area contributed by atoms with E-state index >= 15 is 0 Å². The van der Waals surface area contributed by atoms with Gasteiger partial charge in [0, 0.05) is 11.4 Å². The minimum absolute atomic E-state index is 0.121. The van der Waals surface area contributed by atoms with Gasteiger partial charge in [0.2, 0.25) is 0 Å². The summed E-state index contributed by atoms with van der Waals surface area (Å²) in [6.07, 6.45) is 1.29. The van der Waals surface area contributed by atoms with Crippen LogP contribution in [0.3, 0.4) is 0 Å². The molecule has 16 heavy (non-hydrogen) atoms. The van der Waals surface area contributed by atoms with Crippen LogP contribution in [-0.2, 0) is 11.2 Å². The molecule has 0 atom stereocenters. The number of halogens is 1. The molecule has 0 saturated carbocycles. The molecular weight excluding hydrogens is 228 g/mol. The van der Waals surface area contributed by atoms with Crippen molar-refractivity contribution < 1.29 is 14.6 Å². The van der Waals surface area contributed by atoms with E-state index in [1.807, 2.05) is 0 Å². The summed E-state index contributed by atoms with van der Waals surface area (Å²) in [5, 5.41) is 9.68. The maximum absolute atomic E-state index is 11.6. The van der Waals surface area contributed by atoms with Crippen LogP contribution in [0.5, 0.6) is 5.75 Å². The topological polar surface area (TPSA) is 46.5 Å². The largest absolute Gasteiger partial charge is 0.508 e. The van der Waals surface area contributed by atoms with Crippen molar-refractivity contribution in [1.82, 2.24) is 0 Å². The fourth-order valence-electron chi connectivity index (χ4n) is 1.48. The smallest absolute Gasteiger partial charge is 0.338 e. The molecule has 0 heterocycles. The van der Waals surface area contributed by atoms with E-state index in [4.69, 9.17) is 16.3 Å². The summed E-state index contributed by atoms with van der Waals surface area (Å²) in [5.74, 6) is 0.218. The second-order valence-corrected chi connectivity index (χ2v) is 3.69. The van der Waals surface area contributed by atoms with Gasteiger partial charge in [0.15, 0.2) is 0 Å². The fraction of sp³-hybridized carbons (Fsp3) is 0.417. The molecule has 0 radical (unpaired) electrons. The van der Waals surface area contributed by atoms with Crippen molar-refractivity contribution in [3.05, 3.63) is 29.3 Å². The van der Waals surface area contributed by atoms with Gasteiger partial charge in [-0.2, -0.15) is 0 Å². The number of aromatic hydroxyl groups is 1. The van der Waals surface area contributed by atoms with Gasteiger partial charge in [-0.15, -0.1) is 11.6 Å². The number of phenols is 1. The molecule has 0 spiro atoms. The summed E-state index contributed by atoms with van der Waals surface area (Å²) in [4.78, 5) is 11.6. The Hall–Kier alpha value is -1.22. The number of carbonyl (C=O) groups excluding carboxylic acids is 1. The predicted molar refractivity (Wildman–Crippen MR) is 63.1 cm³/mol. The van der Waals surface area contributed by atoms with Crippen molar-refractivity contribution in [3.8, 4) is 5.75 Å². The van der Waals surface area contributed by atoms with E-state index in [9.17, 15) is 9.90 Å². The lowest BCUT2D eigenvalue weighted by molar-refractivity contribution is 0.0524. The van der Waals surface area contributed by atoms with Crippen LogP contribution in [0.1, 0.15) is 29.3 Å². The molecule has 1 aromatic rings. The summed E-state index contributed by atoms with van der Waals surface area (Å²) in [5.41, 5.74) is 1.04. The molecule has 4 heteroatoms.